The third-order valence-corrected chi connectivity index (χ3v) is 4.60. The van der Waals surface area contributed by atoms with Crippen LogP contribution in [0.4, 0.5) is 5.69 Å². The van der Waals surface area contributed by atoms with Crippen LogP contribution in [0.15, 0.2) is 52.6 Å². The minimum atomic E-state index is -1.29. The number of halogens is 2. The Morgan fingerprint density at radius 3 is 2.45 bits per heavy atom. The molecule has 2 heterocycles. The highest BCUT2D eigenvalue weighted by molar-refractivity contribution is 6.36. The lowest BCUT2D eigenvalue weighted by molar-refractivity contribution is -0.222. The van der Waals surface area contributed by atoms with Crippen molar-refractivity contribution >= 4 is 51.9 Å². The summed E-state index contributed by atoms with van der Waals surface area (Å²) in [7, 11) is 0. The molecule has 1 aromatic heterocycles. The molecule has 0 aliphatic carbocycles. The Bertz CT molecular complexity index is 1160. The van der Waals surface area contributed by atoms with Crippen LogP contribution >= 0.6 is 23.2 Å². The number of carbonyl (C=O) groups is 2. The highest BCUT2D eigenvalue weighted by Gasteiger charge is 2.38. The zero-order valence-corrected chi connectivity index (χ0v) is 16.8. The van der Waals surface area contributed by atoms with Crippen molar-refractivity contribution in [2.75, 3.05) is 5.32 Å². The highest BCUT2D eigenvalue weighted by atomic mass is 35.5. The Labute approximate surface area is 175 Å². The Morgan fingerprint density at radius 1 is 1.03 bits per heavy atom. The molecule has 1 fully saturated rings. The molecule has 2 aromatic carbocycles. The van der Waals surface area contributed by atoms with Crippen LogP contribution in [0.3, 0.4) is 0 Å². The molecule has 0 atom stereocenters. The minimum Gasteiger partial charge on any atom is -0.436 e. The van der Waals surface area contributed by atoms with E-state index in [1.54, 1.807) is 36.4 Å². The van der Waals surface area contributed by atoms with Gasteiger partial charge in [-0.3, -0.25) is 0 Å². The van der Waals surface area contributed by atoms with E-state index < -0.39 is 17.7 Å². The summed E-state index contributed by atoms with van der Waals surface area (Å²) in [4.78, 5) is 28.4. The van der Waals surface area contributed by atoms with Crippen molar-refractivity contribution in [1.82, 2.24) is 4.98 Å². The number of rotatable bonds is 3. The van der Waals surface area contributed by atoms with Gasteiger partial charge >= 0.3 is 11.9 Å². The number of oxazole rings is 1. The lowest BCUT2D eigenvalue weighted by Crippen LogP contribution is -2.42. The Balaban J connectivity index is 1.60. The fourth-order valence-electron chi connectivity index (χ4n) is 2.73. The summed E-state index contributed by atoms with van der Waals surface area (Å²) in [6.45, 7) is 2.96. The molecule has 0 amide bonds. The third kappa shape index (κ3) is 3.92. The maximum absolute atomic E-state index is 12.0. The predicted molar refractivity (Wildman–Crippen MR) is 107 cm³/mol. The van der Waals surface area contributed by atoms with E-state index in [2.05, 4.69) is 10.3 Å². The lowest BCUT2D eigenvalue weighted by Gasteiger charge is -2.29. The molecule has 0 unspecified atom stereocenters. The first-order valence-electron chi connectivity index (χ1n) is 8.51. The molecule has 1 saturated heterocycles. The van der Waals surface area contributed by atoms with Gasteiger partial charge < -0.3 is 19.2 Å². The van der Waals surface area contributed by atoms with Gasteiger partial charge in [0.1, 0.15) is 5.52 Å². The molecule has 1 aliphatic rings. The van der Waals surface area contributed by atoms with E-state index in [1.165, 1.54) is 20.0 Å². The number of anilines is 1. The van der Waals surface area contributed by atoms with Crippen molar-refractivity contribution in [3.8, 4) is 11.5 Å². The number of benzene rings is 2. The molecule has 7 nitrogen and oxygen atoms in total. The van der Waals surface area contributed by atoms with Crippen LogP contribution in [0.1, 0.15) is 13.8 Å². The van der Waals surface area contributed by atoms with Gasteiger partial charge in [0.05, 0.1) is 10.6 Å². The Kier molecular flexibility index (Phi) is 4.72. The van der Waals surface area contributed by atoms with Crippen LogP contribution in [0.2, 0.25) is 10.0 Å². The van der Waals surface area contributed by atoms with Crippen LogP contribution in [0.5, 0.6) is 0 Å². The molecule has 1 aliphatic heterocycles. The van der Waals surface area contributed by atoms with E-state index in [4.69, 9.17) is 37.1 Å². The second kappa shape index (κ2) is 7.09. The van der Waals surface area contributed by atoms with Gasteiger partial charge in [0.25, 0.3) is 5.79 Å². The Morgan fingerprint density at radius 2 is 1.76 bits per heavy atom. The molecule has 3 aromatic rings. The van der Waals surface area contributed by atoms with Crippen molar-refractivity contribution in [2.24, 2.45) is 0 Å². The summed E-state index contributed by atoms with van der Waals surface area (Å²) in [6.07, 6.45) is 1.23. The molecule has 0 spiro atoms. The van der Waals surface area contributed by atoms with Crippen LogP contribution in [-0.4, -0.2) is 22.7 Å². The third-order valence-electron chi connectivity index (χ3n) is 4.05. The number of aromatic nitrogens is 1. The van der Waals surface area contributed by atoms with E-state index in [0.29, 0.717) is 38.3 Å². The summed E-state index contributed by atoms with van der Waals surface area (Å²) < 4.78 is 15.8. The quantitative estimate of drug-likeness (QED) is 0.356. The van der Waals surface area contributed by atoms with Gasteiger partial charge in [-0.05, 0) is 36.4 Å². The number of hydrogen-bond donors (Lipinski definition) is 1. The van der Waals surface area contributed by atoms with E-state index in [-0.39, 0.29) is 5.57 Å². The zero-order chi connectivity index (χ0) is 20.8. The average molecular weight is 433 g/mol. The maximum atomic E-state index is 12.0. The van der Waals surface area contributed by atoms with Gasteiger partial charge in [0.2, 0.25) is 5.89 Å². The summed E-state index contributed by atoms with van der Waals surface area (Å²) in [5.41, 5.74) is 2.06. The monoisotopic (exact) mass is 432 g/mol. The lowest BCUT2D eigenvalue weighted by atomic mass is 10.2. The van der Waals surface area contributed by atoms with E-state index >= 15 is 0 Å². The molecular formula is C20H14Cl2N2O5. The first kappa shape index (κ1) is 19.3. The van der Waals surface area contributed by atoms with Gasteiger partial charge in [-0.2, -0.15) is 0 Å². The SMILES string of the molecule is CC1(C)OC(=O)C(=CNc2ccc3oc(-c4ccc(Cl)cc4Cl)nc3c2)C(=O)O1. The van der Waals surface area contributed by atoms with Crippen molar-refractivity contribution in [3.63, 3.8) is 0 Å². The minimum absolute atomic E-state index is 0.238. The van der Waals surface area contributed by atoms with Gasteiger partial charge in [-0.25, -0.2) is 14.6 Å². The molecule has 1 N–H and O–H groups in total. The topological polar surface area (TPSA) is 90.7 Å². The summed E-state index contributed by atoms with van der Waals surface area (Å²) in [5.74, 6) is -2.47. The van der Waals surface area contributed by atoms with Crippen LogP contribution in [-0.2, 0) is 19.1 Å². The van der Waals surface area contributed by atoms with E-state index in [9.17, 15) is 9.59 Å². The average Bonchev–Trinajstić information content (AvgIpc) is 3.02. The van der Waals surface area contributed by atoms with Gasteiger partial charge in [0, 0.05) is 30.8 Å². The fourth-order valence-corrected chi connectivity index (χ4v) is 3.22. The second-order valence-corrected chi connectivity index (χ2v) is 7.55. The van der Waals surface area contributed by atoms with E-state index in [0.717, 1.165) is 0 Å². The number of hydrogen-bond acceptors (Lipinski definition) is 7. The number of fused-ring (bicyclic) bond motifs is 1. The smallest absolute Gasteiger partial charge is 0.350 e. The van der Waals surface area contributed by atoms with Gasteiger partial charge in [-0.15, -0.1) is 0 Å². The maximum Gasteiger partial charge on any atom is 0.350 e. The van der Waals surface area contributed by atoms with Crippen LogP contribution < -0.4 is 5.32 Å². The molecule has 4 rings (SSSR count). The number of carbonyl (C=O) groups excluding carboxylic acids is 2. The van der Waals surface area contributed by atoms with E-state index in [1.807, 2.05) is 0 Å². The summed E-state index contributed by atoms with van der Waals surface area (Å²) >= 11 is 12.1. The second-order valence-electron chi connectivity index (χ2n) is 6.71. The van der Waals surface area contributed by atoms with Crippen LogP contribution in [0, 0.1) is 0 Å². The molecule has 9 heteroatoms. The molecule has 0 saturated carbocycles. The largest absolute Gasteiger partial charge is 0.436 e. The summed E-state index contributed by atoms with van der Waals surface area (Å²) in [5, 5.41) is 3.81. The van der Waals surface area contributed by atoms with Crippen molar-refractivity contribution in [2.45, 2.75) is 19.6 Å². The van der Waals surface area contributed by atoms with Gasteiger partial charge in [-0.1, -0.05) is 23.2 Å². The first-order valence-corrected chi connectivity index (χ1v) is 9.27. The molecule has 0 bridgehead atoms. The van der Waals surface area contributed by atoms with Crippen LogP contribution in [0.25, 0.3) is 22.6 Å². The first-order chi connectivity index (χ1) is 13.7. The predicted octanol–water partition coefficient (Wildman–Crippen LogP) is 4.93. The number of esters is 2. The number of ether oxygens (including phenoxy) is 2. The molecular weight excluding hydrogens is 419 g/mol. The number of nitrogens with zero attached hydrogens (tertiary/aromatic N) is 1. The normalized spacial score (nSPS) is 15.8. The van der Waals surface area contributed by atoms with Crippen molar-refractivity contribution in [1.29, 1.82) is 0 Å². The highest BCUT2D eigenvalue weighted by Crippen LogP contribution is 2.32. The standard InChI is InChI=1S/C20H14Cl2N2O5/c1-20(2)28-18(25)13(19(26)29-20)9-23-11-4-6-16-15(8-11)24-17(27-16)12-5-3-10(21)7-14(12)22/h3-9,23H,1-2H3. The molecule has 29 heavy (non-hydrogen) atoms. The Hall–Kier alpha value is -3.03. The van der Waals surface area contributed by atoms with Crippen molar-refractivity contribution in [3.05, 3.63) is 58.2 Å². The zero-order valence-electron chi connectivity index (χ0n) is 15.3. The number of nitrogens with one attached hydrogen (secondary N) is 1. The molecule has 148 valence electrons. The molecule has 0 radical (unpaired) electrons. The fraction of sp³-hybridized carbons (Fsp3) is 0.150. The van der Waals surface area contributed by atoms with Crippen molar-refractivity contribution < 1.29 is 23.5 Å². The summed E-state index contributed by atoms with van der Waals surface area (Å²) in [6, 6.07) is 10.1. The van der Waals surface area contributed by atoms with Gasteiger partial charge in [0.15, 0.2) is 11.2 Å². The number of cyclic esters (lactones) is 2.